The molecule has 24 heavy (non-hydrogen) atoms. The molecule has 0 spiro atoms. The Kier molecular flexibility index (Phi) is 9.79. The van der Waals surface area contributed by atoms with Crippen molar-refractivity contribution in [1.82, 2.24) is 0 Å². The van der Waals surface area contributed by atoms with Gasteiger partial charge in [-0.1, -0.05) is 13.8 Å². The van der Waals surface area contributed by atoms with Gasteiger partial charge >= 0.3 is 12.4 Å². The van der Waals surface area contributed by atoms with Gasteiger partial charge in [0, 0.05) is 5.57 Å². The van der Waals surface area contributed by atoms with E-state index in [0.717, 1.165) is 23.5 Å². The minimum Gasteiger partial charge on any atom is -0.285 e. The van der Waals surface area contributed by atoms with Gasteiger partial charge in [0.05, 0.1) is 4.24 Å². The summed E-state index contributed by atoms with van der Waals surface area (Å²) in [4.78, 5) is 22.4. The van der Waals surface area contributed by atoms with Crippen molar-refractivity contribution in [2.24, 2.45) is 0 Å². The van der Waals surface area contributed by atoms with Gasteiger partial charge in [0.2, 0.25) is 0 Å². The lowest BCUT2D eigenvalue weighted by Gasteiger charge is -2.13. The van der Waals surface area contributed by atoms with Crippen LogP contribution in [0.1, 0.15) is 26.7 Å². The van der Waals surface area contributed by atoms with Crippen LogP contribution in [0.4, 0.5) is 26.3 Å². The van der Waals surface area contributed by atoms with Gasteiger partial charge in [-0.25, -0.2) is 0 Å². The first-order valence-electron chi connectivity index (χ1n) is 6.85. The average Bonchev–Trinajstić information content (AvgIpc) is 2.46. The number of hydrogen-bond donors (Lipinski definition) is 0. The minimum absolute atomic E-state index is 0.0350. The molecular weight excluding hydrogens is 378 g/mol. The van der Waals surface area contributed by atoms with Gasteiger partial charge in [0.25, 0.3) is 11.6 Å². The molecule has 0 saturated heterocycles. The molecule has 0 N–H and O–H groups in total. The highest BCUT2D eigenvalue weighted by molar-refractivity contribution is 8.22. The molecule has 0 aromatic carbocycles. The zero-order valence-electron chi connectivity index (χ0n) is 12.9. The summed E-state index contributed by atoms with van der Waals surface area (Å²) in [5.41, 5.74) is -0.933. The topological polar surface area (TPSA) is 34.1 Å². The van der Waals surface area contributed by atoms with E-state index >= 15 is 0 Å². The number of ketones is 2. The normalized spacial score (nSPS) is 12.5. The summed E-state index contributed by atoms with van der Waals surface area (Å²) in [7, 11) is 0. The first kappa shape index (κ1) is 23.1. The average molecular weight is 394 g/mol. The maximum absolute atomic E-state index is 12.7. The lowest BCUT2D eigenvalue weighted by Crippen LogP contribution is -2.25. The molecule has 0 unspecified atom stereocenters. The number of carbonyl (C=O) groups is 2. The maximum atomic E-state index is 12.7. The van der Waals surface area contributed by atoms with Crippen LogP contribution in [-0.2, 0) is 9.59 Å². The molecule has 0 fully saturated rings. The van der Waals surface area contributed by atoms with Gasteiger partial charge in [0.1, 0.15) is 0 Å². The first-order valence-corrected chi connectivity index (χ1v) is 8.82. The van der Waals surface area contributed by atoms with Gasteiger partial charge < -0.3 is 0 Å². The summed E-state index contributed by atoms with van der Waals surface area (Å²) in [5, 5.41) is 0. The fraction of sp³-hybridized carbons (Fsp3) is 0.571. The van der Waals surface area contributed by atoms with Crippen LogP contribution in [0.3, 0.4) is 0 Å². The molecule has 0 rings (SSSR count). The van der Waals surface area contributed by atoms with Gasteiger partial charge in [-0.05, 0) is 36.5 Å². The first-order chi connectivity index (χ1) is 10.9. The van der Waals surface area contributed by atoms with Crippen LogP contribution >= 0.6 is 23.5 Å². The molecule has 0 amide bonds. The largest absolute Gasteiger partial charge is 0.454 e. The second-order valence-corrected chi connectivity index (χ2v) is 6.89. The van der Waals surface area contributed by atoms with E-state index in [0.29, 0.717) is 30.4 Å². The third kappa shape index (κ3) is 8.27. The summed E-state index contributed by atoms with van der Waals surface area (Å²) in [6.45, 7) is 3.53. The van der Waals surface area contributed by atoms with Gasteiger partial charge in [0.15, 0.2) is 0 Å². The Balaban J connectivity index is 5.87. The Bertz CT molecular complexity index is 496. The molecule has 0 radical (unpaired) electrons. The Morgan fingerprint density at radius 1 is 0.833 bits per heavy atom. The van der Waals surface area contributed by atoms with Crippen molar-refractivity contribution in [2.45, 2.75) is 39.0 Å². The van der Waals surface area contributed by atoms with E-state index in [2.05, 4.69) is 0 Å². The summed E-state index contributed by atoms with van der Waals surface area (Å²) >= 11 is 1.90. The van der Waals surface area contributed by atoms with Crippen LogP contribution in [0.15, 0.2) is 22.0 Å². The Hall–Kier alpha value is -0.900. The molecule has 0 saturated carbocycles. The monoisotopic (exact) mass is 394 g/mol. The van der Waals surface area contributed by atoms with E-state index in [1.165, 1.54) is 0 Å². The Morgan fingerprint density at radius 3 is 1.62 bits per heavy atom. The second kappa shape index (κ2) is 10.2. The van der Waals surface area contributed by atoms with Crippen LogP contribution in [0, 0.1) is 0 Å². The smallest absolute Gasteiger partial charge is 0.285 e. The third-order valence-corrected chi connectivity index (χ3v) is 5.17. The summed E-state index contributed by atoms with van der Waals surface area (Å²) in [6.07, 6.45) is -8.99. The highest BCUT2D eigenvalue weighted by atomic mass is 32.2. The molecule has 0 atom stereocenters. The number of rotatable bonds is 9. The lowest BCUT2D eigenvalue weighted by molar-refractivity contribution is -0.166. The van der Waals surface area contributed by atoms with E-state index in [1.54, 1.807) is 13.8 Å². The quantitative estimate of drug-likeness (QED) is 0.302. The van der Waals surface area contributed by atoms with Crippen LogP contribution in [0.5, 0.6) is 0 Å². The van der Waals surface area contributed by atoms with Crippen LogP contribution in [0.25, 0.3) is 0 Å². The molecule has 0 heterocycles. The standard InChI is InChI=1S/C14H16F6O2S2/c1-3-7-23-12(24-8-4-2)9(11(22)14(18,19)20)5-6-10(21)13(15,16)17/h5-6H,3-4,7-8H2,1-2H3/b6-5+. The molecular formula is C14H16F6O2S2. The van der Waals surface area contributed by atoms with Crippen LogP contribution in [0.2, 0.25) is 0 Å². The maximum Gasteiger partial charge on any atom is 0.454 e. The molecule has 138 valence electrons. The van der Waals surface area contributed by atoms with Crippen molar-refractivity contribution in [1.29, 1.82) is 0 Å². The van der Waals surface area contributed by atoms with Crippen molar-refractivity contribution in [3.05, 3.63) is 22.0 Å². The zero-order valence-corrected chi connectivity index (χ0v) is 14.5. The molecule has 0 aromatic rings. The number of alkyl halides is 6. The van der Waals surface area contributed by atoms with E-state index in [4.69, 9.17) is 0 Å². The fourth-order valence-electron chi connectivity index (χ4n) is 1.23. The molecule has 0 bridgehead atoms. The van der Waals surface area contributed by atoms with Crippen molar-refractivity contribution in [2.75, 3.05) is 11.5 Å². The summed E-state index contributed by atoms with van der Waals surface area (Å²) in [6, 6.07) is 0. The van der Waals surface area contributed by atoms with Crippen LogP contribution in [-0.4, -0.2) is 35.4 Å². The third-order valence-electron chi connectivity index (χ3n) is 2.28. The molecule has 0 aliphatic heterocycles. The lowest BCUT2D eigenvalue weighted by atomic mass is 10.1. The van der Waals surface area contributed by atoms with Gasteiger partial charge in [-0.15, -0.1) is 23.5 Å². The Morgan fingerprint density at radius 2 is 1.29 bits per heavy atom. The molecule has 0 aliphatic carbocycles. The summed E-state index contributed by atoms with van der Waals surface area (Å²) < 4.78 is 74.7. The van der Waals surface area contributed by atoms with E-state index in [-0.39, 0.29) is 10.3 Å². The zero-order chi connectivity index (χ0) is 19.0. The predicted molar refractivity (Wildman–Crippen MR) is 83.8 cm³/mol. The number of allylic oxidation sites excluding steroid dienone is 3. The molecule has 10 heteroatoms. The highest BCUT2D eigenvalue weighted by Gasteiger charge is 2.42. The molecule has 0 aromatic heterocycles. The highest BCUT2D eigenvalue weighted by Crippen LogP contribution is 2.36. The summed E-state index contributed by atoms with van der Waals surface area (Å²) in [5.74, 6) is -3.81. The van der Waals surface area contributed by atoms with Crippen molar-refractivity contribution in [3.63, 3.8) is 0 Å². The molecule has 2 nitrogen and oxygen atoms in total. The van der Waals surface area contributed by atoms with E-state index < -0.39 is 29.5 Å². The van der Waals surface area contributed by atoms with Crippen molar-refractivity contribution < 1.29 is 35.9 Å². The van der Waals surface area contributed by atoms with Crippen LogP contribution < -0.4 is 0 Å². The van der Waals surface area contributed by atoms with Gasteiger partial charge in [-0.2, -0.15) is 26.3 Å². The van der Waals surface area contributed by atoms with Crippen molar-refractivity contribution >= 4 is 35.1 Å². The van der Waals surface area contributed by atoms with E-state index in [9.17, 15) is 35.9 Å². The Labute approximate surface area is 144 Å². The fourth-order valence-corrected chi connectivity index (χ4v) is 3.47. The predicted octanol–water partition coefficient (Wildman–Crippen LogP) is 5.30. The molecule has 0 aliphatic rings. The number of hydrogen-bond acceptors (Lipinski definition) is 4. The van der Waals surface area contributed by atoms with E-state index in [1.807, 2.05) is 0 Å². The van der Waals surface area contributed by atoms with Crippen molar-refractivity contribution in [3.8, 4) is 0 Å². The number of thioether (sulfide) groups is 2. The number of halogens is 6. The SMILES string of the molecule is CCCSC(SCCC)=C(/C=C/C(=O)C(F)(F)F)C(=O)C(F)(F)F. The number of carbonyl (C=O) groups excluding carboxylic acids is 2. The number of Topliss-reactive ketones (excluding diaryl/α,β-unsaturated/α-hetero) is 1. The second-order valence-electron chi connectivity index (χ2n) is 4.42. The minimum atomic E-state index is -5.24. The van der Waals surface area contributed by atoms with Gasteiger partial charge in [-0.3, -0.25) is 9.59 Å².